The molecule has 1 heterocycles. The molecular weight excluding hydrogens is 280 g/mol. The Morgan fingerprint density at radius 2 is 1.76 bits per heavy atom. The van der Waals surface area contributed by atoms with Crippen molar-refractivity contribution < 1.29 is 5.11 Å². The molecule has 0 bridgehead atoms. The predicted octanol–water partition coefficient (Wildman–Crippen LogP) is 2.91. The fraction of sp³-hybridized carbons (Fsp3) is 0.0769. The van der Waals surface area contributed by atoms with Gasteiger partial charge in [0.25, 0.3) is 0 Å². The smallest absolute Gasteiger partial charge is 0.159 e. The molecule has 0 saturated carbocycles. The number of aliphatic hydroxyl groups is 1. The minimum absolute atomic E-state index is 0.0531. The summed E-state index contributed by atoms with van der Waals surface area (Å²) < 4.78 is 0.865. The second kappa shape index (κ2) is 5.70. The van der Waals surface area contributed by atoms with Crippen LogP contribution in [0.4, 0.5) is 0 Å². The molecule has 0 aliphatic rings. The number of halogens is 1. The van der Waals surface area contributed by atoms with E-state index in [0.29, 0.717) is 5.82 Å². The predicted molar refractivity (Wildman–Crippen MR) is 71.3 cm³/mol. The summed E-state index contributed by atoms with van der Waals surface area (Å²) in [6.45, 7) is 0.0531. The van der Waals surface area contributed by atoms with Crippen LogP contribution in [0.15, 0.2) is 47.2 Å². The van der Waals surface area contributed by atoms with Crippen LogP contribution in [0.5, 0.6) is 0 Å². The lowest BCUT2D eigenvalue weighted by Gasteiger charge is -2.00. The van der Waals surface area contributed by atoms with Crippen LogP contribution < -0.4 is 0 Å². The Kier molecular flexibility index (Phi) is 4.01. The third kappa shape index (κ3) is 3.22. The average molecular weight is 291 g/mol. The van der Waals surface area contributed by atoms with E-state index in [9.17, 15) is 0 Å². The van der Waals surface area contributed by atoms with Crippen LogP contribution in [0.3, 0.4) is 0 Å². The first-order chi connectivity index (χ1) is 8.29. The first-order valence-corrected chi connectivity index (χ1v) is 5.94. The summed E-state index contributed by atoms with van der Waals surface area (Å²) in [6, 6.07) is 7.85. The van der Waals surface area contributed by atoms with E-state index >= 15 is 0 Å². The van der Waals surface area contributed by atoms with Crippen LogP contribution >= 0.6 is 15.9 Å². The van der Waals surface area contributed by atoms with Crippen molar-refractivity contribution in [3.63, 3.8) is 0 Å². The summed E-state index contributed by atoms with van der Waals surface area (Å²) in [6.07, 6.45) is 7.02. The Morgan fingerprint density at radius 1 is 1.12 bits per heavy atom. The van der Waals surface area contributed by atoms with Crippen molar-refractivity contribution in [2.45, 2.75) is 0 Å². The van der Waals surface area contributed by atoms with Gasteiger partial charge >= 0.3 is 0 Å². The Balaban J connectivity index is 2.23. The Hall–Kier alpha value is -1.52. The highest BCUT2D eigenvalue weighted by Gasteiger charge is 1.99. The molecule has 17 heavy (non-hydrogen) atoms. The van der Waals surface area contributed by atoms with Crippen LogP contribution in [0.25, 0.3) is 17.5 Å². The fourth-order valence-corrected chi connectivity index (χ4v) is 1.60. The van der Waals surface area contributed by atoms with E-state index < -0.39 is 0 Å². The summed E-state index contributed by atoms with van der Waals surface area (Å²) in [5, 5.41) is 8.67. The molecule has 4 heteroatoms. The Morgan fingerprint density at radius 3 is 2.35 bits per heavy atom. The van der Waals surface area contributed by atoms with Crippen molar-refractivity contribution in [3.05, 3.63) is 52.8 Å². The van der Waals surface area contributed by atoms with Gasteiger partial charge < -0.3 is 5.11 Å². The number of aromatic nitrogens is 2. The molecule has 0 unspecified atom stereocenters. The topological polar surface area (TPSA) is 46.0 Å². The van der Waals surface area contributed by atoms with Gasteiger partial charge in [0.2, 0.25) is 0 Å². The van der Waals surface area contributed by atoms with Gasteiger partial charge in [-0.2, -0.15) is 0 Å². The van der Waals surface area contributed by atoms with E-state index in [4.69, 9.17) is 5.11 Å². The minimum Gasteiger partial charge on any atom is -0.392 e. The molecule has 0 aliphatic carbocycles. The van der Waals surface area contributed by atoms with Gasteiger partial charge in [-0.3, -0.25) is 0 Å². The second-order valence-corrected chi connectivity index (χ2v) is 4.35. The maximum absolute atomic E-state index is 8.67. The first-order valence-electron chi connectivity index (χ1n) is 5.15. The fourth-order valence-electron chi connectivity index (χ4n) is 1.39. The Bertz CT molecular complexity index is 506. The minimum atomic E-state index is 0.0531. The quantitative estimate of drug-likeness (QED) is 0.945. The molecule has 0 atom stereocenters. The molecule has 86 valence electrons. The van der Waals surface area contributed by atoms with E-state index in [1.807, 2.05) is 30.3 Å². The summed E-state index contributed by atoms with van der Waals surface area (Å²) in [4.78, 5) is 8.45. The van der Waals surface area contributed by atoms with Gasteiger partial charge in [0.15, 0.2) is 5.82 Å². The SMILES string of the molecule is OCC=Cc1ccc(-c2ncc(Br)cn2)cc1. The number of aliphatic hydroxyl groups excluding tert-OH is 1. The maximum atomic E-state index is 8.67. The zero-order valence-electron chi connectivity index (χ0n) is 9.05. The third-order valence-electron chi connectivity index (χ3n) is 2.20. The molecule has 0 aliphatic heterocycles. The van der Waals surface area contributed by atoms with Crippen molar-refractivity contribution in [1.82, 2.24) is 9.97 Å². The highest BCUT2D eigenvalue weighted by atomic mass is 79.9. The molecule has 1 aromatic carbocycles. The zero-order valence-corrected chi connectivity index (χ0v) is 10.6. The van der Waals surface area contributed by atoms with Gasteiger partial charge in [0.1, 0.15) is 0 Å². The number of hydrogen-bond acceptors (Lipinski definition) is 3. The lowest BCUT2D eigenvalue weighted by atomic mass is 10.1. The molecule has 2 rings (SSSR count). The zero-order chi connectivity index (χ0) is 12.1. The number of nitrogens with zero attached hydrogens (tertiary/aromatic N) is 2. The van der Waals surface area contributed by atoms with E-state index in [1.54, 1.807) is 18.5 Å². The third-order valence-corrected chi connectivity index (χ3v) is 2.61. The van der Waals surface area contributed by atoms with Crippen LogP contribution in [0.1, 0.15) is 5.56 Å². The van der Waals surface area contributed by atoms with E-state index in [1.165, 1.54) is 0 Å². The van der Waals surface area contributed by atoms with Gasteiger partial charge in [-0.25, -0.2) is 9.97 Å². The van der Waals surface area contributed by atoms with Crippen LogP contribution in [-0.2, 0) is 0 Å². The summed E-state index contributed by atoms with van der Waals surface area (Å²) in [5.74, 6) is 0.700. The molecule has 1 N–H and O–H groups in total. The molecule has 0 saturated heterocycles. The van der Waals surface area contributed by atoms with Gasteiger partial charge in [-0.1, -0.05) is 36.4 Å². The van der Waals surface area contributed by atoms with Crippen molar-refractivity contribution >= 4 is 22.0 Å². The molecular formula is C13H11BrN2O. The molecule has 3 nitrogen and oxygen atoms in total. The summed E-state index contributed by atoms with van der Waals surface area (Å²) in [7, 11) is 0. The van der Waals surface area contributed by atoms with Crippen molar-refractivity contribution in [1.29, 1.82) is 0 Å². The molecule has 0 radical (unpaired) electrons. The first kappa shape index (κ1) is 12.0. The molecule has 2 aromatic rings. The van der Waals surface area contributed by atoms with Gasteiger partial charge in [-0.05, 0) is 21.5 Å². The van der Waals surface area contributed by atoms with Crippen molar-refractivity contribution in [2.75, 3.05) is 6.61 Å². The van der Waals surface area contributed by atoms with E-state index in [2.05, 4.69) is 25.9 Å². The van der Waals surface area contributed by atoms with Crippen LogP contribution in [0, 0.1) is 0 Å². The summed E-state index contributed by atoms with van der Waals surface area (Å²) >= 11 is 3.30. The lowest BCUT2D eigenvalue weighted by molar-refractivity contribution is 0.343. The van der Waals surface area contributed by atoms with Crippen LogP contribution in [0.2, 0.25) is 0 Å². The standard InChI is InChI=1S/C13H11BrN2O/c14-12-8-15-13(16-9-12)11-5-3-10(4-6-11)2-1-7-17/h1-6,8-9,17H,7H2. The number of rotatable bonds is 3. The molecule has 0 fully saturated rings. The summed E-state index contributed by atoms with van der Waals surface area (Å²) in [5.41, 5.74) is 2.01. The average Bonchev–Trinajstić information content (AvgIpc) is 2.38. The highest BCUT2D eigenvalue weighted by molar-refractivity contribution is 9.10. The molecule has 0 spiro atoms. The van der Waals surface area contributed by atoms with E-state index in [0.717, 1.165) is 15.6 Å². The normalized spacial score (nSPS) is 10.9. The van der Waals surface area contributed by atoms with Crippen molar-refractivity contribution in [2.24, 2.45) is 0 Å². The number of benzene rings is 1. The highest BCUT2D eigenvalue weighted by Crippen LogP contribution is 2.17. The van der Waals surface area contributed by atoms with E-state index in [-0.39, 0.29) is 6.61 Å². The van der Waals surface area contributed by atoms with Crippen LogP contribution in [-0.4, -0.2) is 21.7 Å². The maximum Gasteiger partial charge on any atom is 0.159 e. The molecule has 0 amide bonds. The lowest BCUT2D eigenvalue weighted by Crippen LogP contribution is -1.87. The van der Waals surface area contributed by atoms with Gasteiger partial charge in [0.05, 0.1) is 11.1 Å². The molecule has 1 aromatic heterocycles. The van der Waals surface area contributed by atoms with Gasteiger partial charge in [-0.15, -0.1) is 0 Å². The largest absolute Gasteiger partial charge is 0.392 e. The monoisotopic (exact) mass is 290 g/mol. The van der Waals surface area contributed by atoms with Crippen molar-refractivity contribution in [3.8, 4) is 11.4 Å². The van der Waals surface area contributed by atoms with Gasteiger partial charge in [0, 0.05) is 18.0 Å². The number of hydrogen-bond donors (Lipinski definition) is 1. The Labute approximate surface area is 108 Å². The second-order valence-electron chi connectivity index (χ2n) is 3.43.